The van der Waals surface area contributed by atoms with E-state index in [2.05, 4.69) is 5.32 Å². The lowest BCUT2D eigenvalue weighted by Gasteiger charge is -2.31. The largest absolute Gasteiger partial charge is 0.497 e. The minimum absolute atomic E-state index is 0.125. The number of nitrogens with one attached hydrogen (secondary N) is 1. The van der Waals surface area contributed by atoms with Crippen LogP contribution < -0.4 is 10.1 Å². The summed E-state index contributed by atoms with van der Waals surface area (Å²) in [5, 5.41) is 2.95. The number of carbonyl (C=O) groups excluding carboxylic acids is 2. The Morgan fingerprint density at radius 3 is 2.19 bits per heavy atom. The molecule has 0 aromatic heterocycles. The molecule has 5 nitrogen and oxygen atoms in total. The molecule has 0 saturated heterocycles. The quantitative estimate of drug-likeness (QED) is 0.620. The van der Waals surface area contributed by atoms with Crippen molar-refractivity contribution in [2.45, 2.75) is 51.6 Å². The normalized spacial score (nSPS) is 12.2. The lowest BCUT2D eigenvalue weighted by molar-refractivity contribution is -0.139. The summed E-state index contributed by atoms with van der Waals surface area (Å²) < 4.78 is 18.3. The van der Waals surface area contributed by atoms with Crippen LogP contribution in [0.3, 0.4) is 0 Å². The van der Waals surface area contributed by atoms with Gasteiger partial charge in [0.25, 0.3) is 0 Å². The molecule has 2 aromatic carbocycles. The van der Waals surface area contributed by atoms with Crippen molar-refractivity contribution in [3.8, 4) is 5.75 Å². The van der Waals surface area contributed by atoms with Crippen molar-refractivity contribution in [2.24, 2.45) is 0 Å². The van der Waals surface area contributed by atoms with Crippen molar-refractivity contribution in [1.29, 1.82) is 0 Å². The number of thioether (sulfide) groups is 1. The smallest absolute Gasteiger partial charge is 0.242 e. The Kier molecular flexibility index (Phi) is 8.92. The van der Waals surface area contributed by atoms with E-state index >= 15 is 0 Å². The third-order valence-electron chi connectivity index (χ3n) is 4.58. The monoisotopic (exact) mass is 446 g/mol. The van der Waals surface area contributed by atoms with E-state index in [-0.39, 0.29) is 23.4 Å². The summed E-state index contributed by atoms with van der Waals surface area (Å²) in [5.41, 5.74) is 1.46. The Morgan fingerprint density at radius 2 is 1.65 bits per heavy atom. The summed E-state index contributed by atoms with van der Waals surface area (Å²) in [6.07, 6.45) is 0. The van der Waals surface area contributed by atoms with Gasteiger partial charge in [-0.2, -0.15) is 0 Å². The zero-order chi connectivity index (χ0) is 23.0. The van der Waals surface area contributed by atoms with Crippen LogP contribution in [0.1, 0.15) is 38.8 Å². The zero-order valence-corrected chi connectivity index (χ0v) is 19.6. The first-order valence-electron chi connectivity index (χ1n) is 10.2. The van der Waals surface area contributed by atoms with Gasteiger partial charge in [0.2, 0.25) is 11.8 Å². The highest BCUT2D eigenvalue weighted by Gasteiger charge is 2.28. The van der Waals surface area contributed by atoms with Crippen LogP contribution in [0.2, 0.25) is 0 Å². The van der Waals surface area contributed by atoms with Crippen LogP contribution in [0, 0.1) is 5.82 Å². The van der Waals surface area contributed by atoms with Crippen LogP contribution in [-0.2, 0) is 21.9 Å². The maximum absolute atomic E-state index is 13.1. The molecular formula is C24H31FN2O3S. The molecule has 0 aliphatic rings. The fraction of sp³-hybridized carbons (Fsp3) is 0.417. The molecule has 0 fully saturated rings. The molecule has 0 unspecified atom stereocenters. The molecule has 0 bridgehead atoms. The molecule has 31 heavy (non-hydrogen) atoms. The maximum atomic E-state index is 13.1. The lowest BCUT2D eigenvalue weighted by Crippen LogP contribution is -2.52. The summed E-state index contributed by atoms with van der Waals surface area (Å²) in [4.78, 5) is 27.4. The van der Waals surface area contributed by atoms with E-state index in [1.807, 2.05) is 45.0 Å². The molecule has 0 aliphatic carbocycles. The van der Waals surface area contributed by atoms with E-state index in [1.165, 1.54) is 23.9 Å². The average molecular weight is 447 g/mol. The number of benzene rings is 2. The molecule has 7 heteroatoms. The number of hydrogen-bond donors (Lipinski definition) is 1. The standard InChI is InChI=1S/C24H31FN2O3S/c1-17(23(29)26-24(2,3)4)27(14-18-8-12-21(30-5)13-9-18)22(28)16-31-15-19-6-10-20(25)11-7-19/h6-13,17H,14-16H2,1-5H3,(H,26,29)/t17-/m0/s1. The summed E-state index contributed by atoms with van der Waals surface area (Å²) in [5.74, 6) is 0.938. The van der Waals surface area contributed by atoms with Gasteiger partial charge in [-0.1, -0.05) is 24.3 Å². The van der Waals surface area contributed by atoms with E-state index in [9.17, 15) is 14.0 Å². The second kappa shape index (κ2) is 11.2. The van der Waals surface area contributed by atoms with Crippen LogP contribution in [0.4, 0.5) is 4.39 Å². The van der Waals surface area contributed by atoms with Crippen LogP contribution in [0.25, 0.3) is 0 Å². The van der Waals surface area contributed by atoms with Gasteiger partial charge >= 0.3 is 0 Å². The predicted molar refractivity (Wildman–Crippen MR) is 123 cm³/mol. The van der Waals surface area contributed by atoms with Gasteiger partial charge in [-0.15, -0.1) is 11.8 Å². The van der Waals surface area contributed by atoms with Crippen molar-refractivity contribution < 1.29 is 18.7 Å². The third kappa shape index (κ3) is 8.25. The zero-order valence-electron chi connectivity index (χ0n) is 18.8. The number of hydrogen-bond acceptors (Lipinski definition) is 4. The molecule has 1 atom stereocenters. The highest BCUT2D eigenvalue weighted by Crippen LogP contribution is 2.18. The molecule has 0 saturated carbocycles. The second-order valence-electron chi connectivity index (χ2n) is 8.40. The number of ether oxygens (including phenoxy) is 1. The fourth-order valence-electron chi connectivity index (χ4n) is 2.90. The number of amides is 2. The number of methoxy groups -OCH3 is 1. The first-order valence-corrected chi connectivity index (χ1v) is 11.3. The predicted octanol–water partition coefficient (Wildman–Crippen LogP) is 4.40. The van der Waals surface area contributed by atoms with Gasteiger partial charge in [-0.05, 0) is 63.1 Å². The number of nitrogens with zero attached hydrogens (tertiary/aromatic N) is 1. The van der Waals surface area contributed by atoms with Gasteiger partial charge in [0, 0.05) is 17.8 Å². The molecule has 0 heterocycles. The van der Waals surface area contributed by atoms with Crippen LogP contribution in [0.15, 0.2) is 48.5 Å². The lowest BCUT2D eigenvalue weighted by atomic mass is 10.1. The van der Waals surface area contributed by atoms with Gasteiger partial charge in [-0.25, -0.2) is 4.39 Å². The van der Waals surface area contributed by atoms with Gasteiger partial charge in [0.15, 0.2) is 0 Å². The minimum atomic E-state index is -0.625. The van der Waals surface area contributed by atoms with Gasteiger partial charge in [-0.3, -0.25) is 9.59 Å². The Morgan fingerprint density at radius 1 is 1.06 bits per heavy atom. The maximum Gasteiger partial charge on any atom is 0.242 e. The van der Waals surface area contributed by atoms with Crippen molar-refractivity contribution in [3.05, 3.63) is 65.5 Å². The molecule has 0 radical (unpaired) electrons. The summed E-state index contributed by atoms with van der Waals surface area (Å²) >= 11 is 1.44. The third-order valence-corrected chi connectivity index (χ3v) is 5.57. The summed E-state index contributed by atoms with van der Waals surface area (Å²) in [6.45, 7) is 7.79. The van der Waals surface area contributed by atoms with Crippen molar-refractivity contribution in [2.75, 3.05) is 12.9 Å². The molecule has 0 spiro atoms. The average Bonchev–Trinajstić information content (AvgIpc) is 2.72. The summed E-state index contributed by atoms with van der Waals surface area (Å²) in [6, 6.07) is 13.1. The number of rotatable bonds is 9. The molecule has 1 N–H and O–H groups in total. The molecule has 0 aliphatic heterocycles. The number of halogens is 1. The molecule has 168 valence electrons. The van der Waals surface area contributed by atoms with Crippen molar-refractivity contribution in [3.63, 3.8) is 0 Å². The van der Waals surface area contributed by atoms with E-state index in [0.29, 0.717) is 12.3 Å². The van der Waals surface area contributed by atoms with E-state index in [1.54, 1.807) is 31.1 Å². The van der Waals surface area contributed by atoms with Gasteiger partial charge in [0.1, 0.15) is 17.6 Å². The highest BCUT2D eigenvalue weighted by molar-refractivity contribution is 7.99. The first-order chi connectivity index (χ1) is 14.6. The summed E-state index contributed by atoms with van der Waals surface area (Å²) in [7, 11) is 1.60. The van der Waals surface area contributed by atoms with Gasteiger partial charge < -0.3 is 15.0 Å². The van der Waals surface area contributed by atoms with Crippen molar-refractivity contribution >= 4 is 23.6 Å². The minimum Gasteiger partial charge on any atom is -0.497 e. The second-order valence-corrected chi connectivity index (χ2v) is 9.39. The molecule has 2 rings (SSSR count). The Bertz CT molecular complexity index is 864. The van der Waals surface area contributed by atoms with E-state index in [4.69, 9.17) is 4.74 Å². The number of carbonyl (C=O) groups is 2. The van der Waals surface area contributed by atoms with Crippen LogP contribution >= 0.6 is 11.8 Å². The van der Waals surface area contributed by atoms with E-state index < -0.39 is 11.6 Å². The molecule has 2 amide bonds. The Hall–Kier alpha value is -2.54. The fourth-order valence-corrected chi connectivity index (χ4v) is 3.77. The SMILES string of the molecule is COc1ccc(CN(C(=O)CSCc2ccc(F)cc2)[C@@H](C)C(=O)NC(C)(C)C)cc1. The van der Waals surface area contributed by atoms with E-state index in [0.717, 1.165) is 16.9 Å². The van der Waals surface area contributed by atoms with Crippen molar-refractivity contribution in [1.82, 2.24) is 10.2 Å². The van der Waals surface area contributed by atoms with Gasteiger partial charge in [0.05, 0.1) is 12.9 Å². The van der Waals surface area contributed by atoms with Crippen LogP contribution in [0.5, 0.6) is 5.75 Å². The molecule has 2 aromatic rings. The Labute approximate surface area is 188 Å². The topological polar surface area (TPSA) is 58.6 Å². The molecular weight excluding hydrogens is 415 g/mol. The van der Waals surface area contributed by atoms with Crippen LogP contribution in [-0.4, -0.2) is 41.2 Å². The first kappa shape index (κ1) is 24.7. The highest BCUT2D eigenvalue weighted by atomic mass is 32.2. The Balaban J connectivity index is 2.09.